The molecule has 6 heteroatoms. The summed E-state index contributed by atoms with van der Waals surface area (Å²) in [4.78, 5) is 30.8. The molecular weight excluding hydrogens is 468 g/mol. The van der Waals surface area contributed by atoms with E-state index in [1.165, 1.54) is 6.42 Å². The third-order valence-electron chi connectivity index (χ3n) is 7.59. The minimum Gasteiger partial charge on any atom is -0.497 e. The Labute approximate surface area is 217 Å². The fourth-order valence-corrected chi connectivity index (χ4v) is 6.27. The average Bonchev–Trinajstić information content (AvgIpc) is 3.01. The molecule has 1 heterocycles. The summed E-state index contributed by atoms with van der Waals surface area (Å²) in [5.41, 5.74) is 2.95. The molecule has 0 bridgehead atoms. The van der Waals surface area contributed by atoms with Crippen LogP contribution in [0.15, 0.2) is 76.5 Å². The second-order valence-corrected chi connectivity index (χ2v) is 11.0. The van der Waals surface area contributed by atoms with Crippen LogP contribution in [0.1, 0.15) is 59.4 Å². The molecule has 3 aromatic carbocycles. The number of amides is 2. The highest BCUT2D eigenvalue weighted by molar-refractivity contribution is 7.99. The molecule has 2 amide bonds. The first-order valence-electron chi connectivity index (χ1n) is 12.6. The Morgan fingerprint density at radius 2 is 1.86 bits per heavy atom. The lowest BCUT2D eigenvalue weighted by Gasteiger charge is -2.34. The summed E-state index contributed by atoms with van der Waals surface area (Å²) < 4.78 is 5.40. The minimum atomic E-state index is -0.0794. The lowest BCUT2D eigenvalue weighted by molar-refractivity contribution is 0.0889. The van der Waals surface area contributed by atoms with E-state index >= 15 is 0 Å². The Morgan fingerprint density at radius 3 is 2.69 bits per heavy atom. The summed E-state index contributed by atoms with van der Waals surface area (Å²) in [6.07, 6.45) is 3.36. The van der Waals surface area contributed by atoms with Crippen LogP contribution in [0.5, 0.6) is 5.75 Å². The van der Waals surface area contributed by atoms with Gasteiger partial charge < -0.3 is 15.0 Å². The van der Waals surface area contributed by atoms with Gasteiger partial charge in [-0.05, 0) is 66.3 Å². The van der Waals surface area contributed by atoms with Crippen molar-refractivity contribution < 1.29 is 14.3 Å². The highest BCUT2D eigenvalue weighted by Crippen LogP contribution is 2.42. The number of anilines is 1. The largest absolute Gasteiger partial charge is 0.497 e. The summed E-state index contributed by atoms with van der Waals surface area (Å²) in [5.74, 6) is 1.63. The molecule has 0 unspecified atom stereocenters. The highest BCUT2D eigenvalue weighted by atomic mass is 32.2. The number of rotatable bonds is 5. The van der Waals surface area contributed by atoms with Gasteiger partial charge in [0.2, 0.25) is 0 Å². The van der Waals surface area contributed by atoms with Crippen molar-refractivity contribution in [3.8, 4) is 5.75 Å². The lowest BCUT2D eigenvalue weighted by atomic mass is 9.78. The summed E-state index contributed by atoms with van der Waals surface area (Å²) in [7, 11) is 1.64. The maximum absolute atomic E-state index is 13.8. The van der Waals surface area contributed by atoms with Gasteiger partial charge in [0.25, 0.3) is 11.8 Å². The van der Waals surface area contributed by atoms with E-state index in [0.29, 0.717) is 29.5 Å². The fourth-order valence-electron chi connectivity index (χ4n) is 5.21. The molecule has 36 heavy (non-hydrogen) atoms. The summed E-state index contributed by atoms with van der Waals surface area (Å²) in [5, 5.41) is 3.28. The van der Waals surface area contributed by atoms with Crippen LogP contribution in [-0.4, -0.2) is 25.0 Å². The fraction of sp³-hybridized carbons (Fsp3) is 0.333. The maximum atomic E-state index is 13.8. The van der Waals surface area contributed by atoms with Crippen molar-refractivity contribution in [3.63, 3.8) is 0 Å². The third-order valence-corrected chi connectivity index (χ3v) is 8.73. The quantitative estimate of drug-likeness (QED) is 0.431. The first-order valence-corrected chi connectivity index (χ1v) is 13.4. The van der Waals surface area contributed by atoms with Crippen LogP contribution in [0.2, 0.25) is 0 Å². The zero-order chi connectivity index (χ0) is 25.2. The molecule has 0 saturated heterocycles. The summed E-state index contributed by atoms with van der Waals surface area (Å²) >= 11 is 1.57. The van der Waals surface area contributed by atoms with Crippen LogP contribution >= 0.6 is 11.8 Å². The highest BCUT2D eigenvalue weighted by Gasteiger charge is 2.31. The van der Waals surface area contributed by atoms with Crippen LogP contribution in [0.3, 0.4) is 0 Å². The molecular formula is C30H32N2O3S. The number of ether oxygens (including phenoxy) is 1. The lowest BCUT2D eigenvalue weighted by Crippen LogP contribution is -2.43. The third kappa shape index (κ3) is 4.87. The number of nitrogens with one attached hydrogen (secondary N) is 1. The molecule has 1 aliphatic heterocycles. The van der Waals surface area contributed by atoms with Gasteiger partial charge in [-0.3, -0.25) is 9.59 Å². The number of carbonyl (C=O) groups excluding carboxylic acids is 2. The molecule has 5 rings (SSSR count). The smallest absolute Gasteiger partial charge is 0.259 e. The molecule has 186 valence electrons. The predicted molar refractivity (Wildman–Crippen MR) is 144 cm³/mol. The molecule has 0 aromatic heterocycles. The van der Waals surface area contributed by atoms with Gasteiger partial charge in [0.15, 0.2) is 0 Å². The molecule has 0 radical (unpaired) electrons. The SMILES string of the molecule is COc1cccc(CN2C(=O)c3ccccc3Sc3ccc(C(=O)N[C@@H]4CCC[C@H](C)[C@@H]4C)cc32)c1. The Morgan fingerprint density at radius 1 is 1.03 bits per heavy atom. The molecule has 3 atom stereocenters. The molecule has 5 nitrogen and oxygen atoms in total. The van der Waals surface area contributed by atoms with Gasteiger partial charge in [-0.1, -0.05) is 62.7 Å². The number of carbonyl (C=O) groups is 2. The zero-order valence-corrected chi connectivity index (χ0v) is 21.8. The van der Waals surface area contributed by atoms with Crippen molar-refractivity contribution in [2.75, 3.05) is 12.0 Å². The van der Waals surface area contributed by atoms with Crippen molar-refractivity contribution >= 4 is 29.3 Å². The van der Waals surface area contributed by atoms with E-state index in [0.717, 1.165) is 39.6 Å². The van der Waals surface area contributed by atoms with Crippen molar-refractivity contribution in [1.82, 2.24) is 5.32 Å². The Kier molecular flexibility index (Phi) is 7.06. The van der Waals surface area contributed by atoms with Crippen LogP contribution in [0.25, 0.3) is 0 Å². The second-order valence-electron chi connectivity index (χ2n) is 9.87. The Hall–Kier alpha value is -3.25. The number of hydrogen-bond donors (Lipinski definition) is 1. The molecule has 0 spiro atoms. The van der Waals surface area contributed by atoms with E-state index in [1.54, 1.807) is 23.8 Å². The summed E-state index contributed by atoms with van der Waals surface area (Å²) in [6, 6.07) is 21.3. The van der Waals surface area contributed by atoms with E-state index in [-0.39, 0.29) is 17.9 Å². The number of benzene rings is 3. The van der Waals surface area contributed by atoms with Gasteiger partial charge >= 0.3 is 0 Å². The Balaban J connectivity index is 1.51. The topological polar surface area (TPSA) is 58.6 Å². The van der Waals surface area contributed by atoms with Gasteiger partial charge in [0, 0.05) is 21.4 Å². The number of methoxy groups -OCH3 is 1. The van der Waals surface area contributed by atoms with E-state index in [2.05, 4.69) is 19.2 Å². The minimum absolute atomic E-state index is 0.0769. The normalized spacial score (nSPS) is 21.2. The maximum Gasteiger partial charge on any atom is 0.259 e. The van der Waals surface area contributed by atoms with Crippen molar-refractivity contribution in [1.29, 1.82) is 0 Å². The van der Waals surface area contributed by atoms with Gasteiger partial charge in [-0.15, -0.1) is 0 Å². The van der Waals surface area contributed by atoms with Gasteiger partial charge in [-0.25, -0.2) is 0 Å². The van der Waals surface area contributed by atoms with Crippen LogP contribution in [-0.2, 0) is 6.54 Å². The molecule has 2 aliphatic rings. The second kappa shape index (κ2) is 10.4. The van der Waals surface area contributed by atoms with E-state index < -0.39 is 0 Å². The standard InChI is InChI=1S/C30H32N2O3S/c1-19-8-6-12-25(20(19)2)31-29(33)22-14-15-28-26(17-22)32(18-21-9-7-10-23(16-21)35-3)30(34)24-11-4-5-13-27(24)36-28/h4-5,7,9-11,13-17,19-20,25H,6,8,12,18H2,1-3H3,(H,31,33)/t19-,20-,25+/m0/s1. The van der Waals surface area contributed by atoms with Crippen molar-refractivity contribution in [2.45, 2.75) is 55.5 Å². The molecule has 1 N–H and O–H groups in total. The Bertz CT molecular complexity index is 1290. The monoisotopic (exact) mass is 500 g/mol. The van der Waals surface area contributed by atoms with E-state index in [9.17, 15) is 9.59 Å². The predicted octanol–water partition coefficient (Wildman–Crippen LogP) is 6.56. The van der Waals surface area contributed by atoms with E-state index in [4.69, 9.17) is 4.74 Å². The first kappa shape index (κ1) is 24.4. The van der Waals surface area contributed by atoms with Crippen LogP contribution in [0, 0.1) is 11.8 Å². The van der Waals surface area contributed by atoms with Crippen LogP contribution < -0.4 is 15.0 Å². The number of hydrogen-bond acceptors (Lipinski definition) is 4. The number of nitrogens with zero attached hydrogens (tertiary/aromatic N) is 1. The first-order chi connectivity index (χ1) is 17.4. The number of fused-ring (bicyclic) bond motifs is 2. The average molecular weight is 501 g/mol. The van der Waals surface area contributed by atoms with E-state index in [1.807, 2.05) is 66.7 Å². The van der Waals surface area contributed by atoms with Gasteiger partial charge in [0.05, 0.1) is 24.9 Å². The zero-order valence-electron chi connectivity index (χ0n) is 21.0. The molecule has 1 fully saturated rings. The van der Waals surface area contributed by atoms with Crippen molar-refractivity contribution in [2.24, 2.45) is 11.8 Å². The molecule has 1 aliphatic carbocycles. The van der Waals surface area contributed by atoms with Gasteiger partial charge in [0.1, 0.15) is 5.75 Å². The van der Waals surface area contributed by atoms with Crippen molar-refractivity contribution in [3.05, 3.63) is 83.4 Å². The molecule has 1 saturated carbocycles. The molecule has 3 aromatic rings. The van der Waals surface area contributed by atoms with Crippen LogP contribution in [0.4, 0.5) is 5.69 Å². The van der Waals surface area contributed by atoms with Gasteiger partial charge in [-0.2, -0.15) is 0 Å². The summed E-state index contributed by atoms with van der Waals surface area (Å²) in [6.45, 7) is 4.87.